The molecule has 0 radical (unpaired) electrons. The van der Waals surface area contributed by atoms with Crippen LogP contribution in [0.15, 0.2) is 144 Å². The van der Waals surface area contributed by atoms with Gasteiger partial charge in [0.1, 0.15) is 5.70 Å². The Morgan fingerprint density at radius 1 is 0.612 bits per heavy atom. The van der Waals surface area contributed by atoms with Crippen molar-refractivity contribution in [2.45, 2.75) is 0 Å². The van der Waals surface area contributed by atoms with Crippen LogP contribution in [0.1, 0.15) is 42.2 Å². The predicted octanol–water partition coefficient (Wildman–Crippen LogP) is 6.11. The van der Waals surface area contributed by atoms with Gasteiger partial charge in [0.15, 0.2) is 11.5 Å². The maximum Gasteiger partial charge on any atom is 0.343 e. The number of amides is 2. The Labute approximate surface area is 283 Å². The van der Waals surface area contributed by atoms with Crippen LogP contribution in [0, 0.1) is 0 Å². The van der Waals surface area contributed by atoms with Crippen molar-refractivity contribution in [2.24, 2.45) is 5.10 Å². The Bertz CT molecular complexity index is 1990. The summed E-state index contributed by atoms with van der Waals surface area (Å²) in [6.45, 7) is 0. The maximum absolute atomic E-state index is 13.3. The van der Waals surface area contributed by atoms with Crippen LogP contribution in [0.5, 0.6) is 11.5 Å². The van der Waals surface area contributed by atoms with E-state index in [0.717, 1.165) is 5.69 Å². The summed E-state index contributed by atoms with van der Waals surface area (Å²) in [5.74, 6) is -2.48. The highest BCUT2D eigenvalue weighted by Gasteiger charge is 2.18. The van der Waals surface area contributed by atoms with E-state index in [0.29, 0.717) is 27.8 Å². The van der Waals surface area contributed by atoms with Crippen molar-refractivity contribution >= 4 is 41.7 Å². The Hall–Kier alpha value is -6.81. The van der Waals surface area contributed by atoms with E-state index >= 15 is 0 Å². The van der Waals surface area contributed by atoms with Gasteiger partial charge >= 0.3 is 11.9 Å². The minimum absolute atomic E-state index is 0.00782. The van der Waals surface area contributed by atoms with Crippen molar-refractivity contribution < 1.29 is 28.7 Å². The molecule has 0 aromatic heterocycles. The zero-order valence-corrected chi connectivity index (χ0v) is 26.7. The van der Waals surface area contributed by atoms with Gasteiger partial charge in [-0.2, -0.15) is 5.10 Å². The summed E-state index contributed by atoms with van der Waals surface area (Å²) in [5, 5.41) is 6.74. The summed E-state index contributed by atoms with van der Waals surface area (Å²) in [5.41, 5.74) is 5.44. The van der Waals surface area contributed by atoms with Crippen molar-refractivity contribution in [2.75, 3.05) is 19.0 Å². The quantitative estimate of drug-likeness (QED) is 0.0580. The van der Waals surface area contributed by atoms with Gasteiger partial charge in [0.05, 0.1) is 17.3 Å². The number of benzene rings is 5. The molecule has 2 N–H and O–H groups in total. The molecule has 2 amide bonds. The number of carbonyl (C=O) groups is 4. The fourth-order valence-corrected chi connectivity index (χ4v) is 4.44. The van der Waals surface area contributed by atoms with E-state index in [1.807, 2.05) is 43.3 Å². The minimum atomic E-state index is -0.679. The molecule has 5 rings (SSSR count). The first-order valence-corrected chi connectivity index (χ1v) is 15.1. The number of carbonyl (C=O) groups excluding carboxylic acids is 4. The third-order valence-corrected chi connectivity index (χ3v) is 7.02. The Kier molecular flexibility index (Phi) is 11.1. The van der Waals surface area contributed by atoms with Crippen LogP contribution in [-0.2, 0) is 4.79 Å². The van der Waals surface area contributed by atoms with Crippen molar-refractivity contribution in [3.63, 3.8) is 0 Å². The first-order chi connectivity index (χ1) is 23.8. The van der Waals surface area contributed by atoms with Gasteiger partial charge in [-0.25, -0.2) is 15.0 Å². The topological polar surface area (TPSA) is 126 Å². The molecule has 0 bridgehead atoms. The number of hydrazone groups is 1. The smallest absolute Gasteiger partial charge is 0.343 e. The van der Waals surface area contributed by atoms with Crippen LogP contribution in [0.3, 0.4) is 0 Å². The van der Waals surface area contributed by atoms with Crippen molar-refractivity contribution in [1.82, 2.24) is 10.7 Å². The summed E-state index contributed by atoms with van der Waals surface area (Å²) in [6, 6.07) is 37.2. The van der Waals surface area contributed by atoms with Crippen molar-refractivity contribution in [3.05, 3.63) is 167 Å². The third kappa shape index (κ3) is 9.36. The molecule has 49 heavy (non-hydrogen) atoms. The number of hydrogen-bond acceptors (Lipinski definition) is 8. The Morgan fingerprint density at radius 3 is 1.67 bits per heavy atom. The zero-order chi connectivity index (χ0) is 34.6. The highest BCUT2D eigenvalue weighted by molar-refractivity contribution is 6.05. The predicted molar refractivity (Wildman–Crippen MR) is 188 cm³/mol. The van der Waals surface area contributed by atoms with Crippen LogP contribution in [0.4, 0.5) is 5.69 Å². The molecule has 5 aromatic carbocycles. The van der Waals surface area contributed by atoms with Gasteiger partial charge in [0.2, 0.25) is 0 Å². The van der Waals surface area contributed by atoms with Crippen molar-refractivity contribution in [3.8, 4) is 11.5 Å². The summed E-state index contributed by atoms with van der Waals surface area (Å²) in [6.07, 6.45) is 2.87. The highest BCUT2D eigenvalue weighted by Crippen LogP contribution is 2.30. The second-order valence-corrected chi connectivity index (χ2v) is 10.8. The Morgan fingerprint density at radius 2 is 1.12 bits per heavy atom. The molecule has 0 aliphatic carbocycles. The van der Waals surface area contributed by atoms with Crippen LogP contribution < -0.4 is 25.1 Å². The summed E-state index contributed by atoms with van der Waals surface area (Å²) < 4.78 is 11.2. The van der Waals surface area contributed by atoms with E-state index in [1.165, 1.54) is 18.3 Å². The van der Waals surface area contributed by atoms with Gasteiger partial charge in [-0.15, -0.1) is 0 Å². The lowest BCUT2D eigenvalue weighted by molar-refractivity contribution is -0.117. The molecule has 0 saturated heterocycles. The average molecular weight is 653 g/mol. The van der Waals surface area contributed by atoms with E-state index in [2.05, 4.69) is 15.8 Å². The normalized spacial score (nSPS) is 11.0. The lowest BCUT2D eigenvalue weighted by atomic mass is 10.1. The SMILES string of the molecule is CN(C)c1ccc(/C=C(/NC(=O)c2ccccc2)C(=O)N/N=C/c2ccc(OC(=O)c3ccccc3)c(OC(=O)c3ccccc3)c2)cc1. The molecule has 0 unspecified atom stereocenters. The largest absolute Gasteiger partial charge is 0.419 e. The summed E-state index contributed by atoms with van der Waals surface area (Å²) in [7, 11) is 3.84. The molecule has 244 valence electrons. The molecule has 5 aromatic rings. The van der Waals surface area contributed by atoms with E-state index in [1.54, 1.807) is 103 Å². The van der Waals surface area contributed by atoms with Gasteiger partial charge in [-0.05, 0) is 83.9 Å². The molecule has 0 aliphatic rings. The number of anilines is 1. The molecule has 10 heteroatoms. The number of rotatable bonds is 11. The number of nitrogens with zero attached hydrogens (tertiary/aromatic N) is 2. The van der Waals surface area contributed by atoms with Gasteiger partial charge < -0.3 is 19.7 Å². The van der Waals surface area contributed by atoms with Crippen LogP contribution in [0.2, 0.25) is 0 Å². The first kappa shape index (κ1) is 33.6. The highest BCUT2D eigenvalue weighted by atomic mass is 16.6. The standard InChI is InChI=1S/C39H32N4O6/c1-43(2)32-21-18-27(19-22-32)24-33(41-36(44)29-12-6-3-7-13-29)37(45)42-40-26-28-20-23-34(48-38(46)30-14-8-4-9-15-30)35(25-28)49-39(47)31-16-10-5-11-17-31/h3-26H,1-2H3,(H,41,44)(H,42,45)/b33-24+,40-26+. The molecule has 0 atom stereocenters. The van der Waals surface area contributed by atoms with E-state index in [9.17, 15) is 19.2 Å². The summed E-state index contributed by atoms with van der Waals surface area (Å²) >= 11 is 0. The summed E-state index contributed by atoms with van der Waals surface area (Å²) in [4.78, 5) is 53.9. The third-order valence-electron chi connectivity index (χ3n) is 7.02. The van der Waals surface area contributed by atoms with Crippen LogP contribution >= 0.6 is 0 Å². The molecular weight excluding hydrogens is 620 g/mol. The number of ether oxygens (including phenoxy) is 2. The maximum atomic E-state index is 13.3. The van der Waals surface area contributed by atoms with Crippen LogP contribution in [-0.4, -0.2) is 44.1 Å². The van der Waals surface area contributed by atoms with Gasteiger partial charge in [0.25, 0.3) is 11.8 Å². The second-order valence-electron chi connectivity index (χ2n) is 10.8. The molecule has 0 spiro atoms. The van der Waals surface area contributed by atoms with Gasteiger partial charge in [0, 0.05) is 25.3 Å². The molecular formula is C39H32N4O6. The molecule has 0 fully saturated rings. The second kappa shape index (κ2) is 16.1. The van der Waals surface area contributed by atoms with E-state index < -0.39 is 23.8 Å². The number of nitrogens with one attached hydrogen (secondary N) is 2. The van der Waals surface area contributed by atoms with E-state index in [4.69, 9.17) is 9.47 Å². The average Bonchev–Trinajstić information content (AvgIpc) is 3.13. The number of hydrogen-bond donors (Lipinski definition) is 2. The zero-order valence-electron chi connectivity index (χ0n) is 26.7. The molecule has 0 saturated carbocycles. The van der Waals surface area contributed by atoms with Gasteiger partial charge in [-0.1, -0.05) is 66.7 Å². The lowest BCUT2D eigenvalue weighted by Crippen LogP contribution is -2.32. The monoisotopic (exact) mass is 652 g/mol. The molecule has 0 aliphatic heterocycles. The minimum Gasteiger partial charge on any atom is -0.419 e. The molecule has 10 nitrogen and oxygen atoms in total. The fraction of sp³-hybridized carbons (Fsp3) is 0.0513. The van der Waals surface area contributed by atoms with Crippen molar-refractivity contribution in [1.29, 1.82) is 0 Å². The van der Waals surface area contributed by atoms with Crippen LogP contribution in [0.25, 0.3) is 6.08 Å². The number of esters is 2. The fourth-order valence-electron chi connectivity index (χ4n) is 4.44. The van der Waals surface area contributed by atoms with Gasteiger partial charge in [-0.3, -0.25) is 9.59 Å². The molecule has 0 heterocycles. The lowest BCUT2D eigenvalue weighted by Gasteiger charge is -2.13. The van der Waals surface area contributed by atoms with E-state index in [-0.39, 0.29) is 17.2 Å². The Balaban J connectivity index is 1.37. The first-order valence-electron chi connectivity index (χ1n) is 15.1.